The number of amides is 1. The number of carbonyl (C=O) groups is 1. The molecule has 0 aliphatic rings. The van der Waals surface area contributed by atoms with Gasteiger partial charge in [-0.15, -0.1) is 0 Å². The van der Waals surface area contributed by atoms with E-state index in [0.29, 0.717) is 13.0 Å². The van der Waals surface area contributed by atoms with Crippen LogP contribution in [0.3, 0.4) is 0 Å². The second-order valence-electron chi connectivity index (χ2n) is 11.1. The largest absolute Gasteiger partial charge is 0.527 e. The third-order valence-electron chi connectivity index (χ3n) is 7.09. The number of phosphoric acid groups is 1. The second-order valence-corrected chi connectivity index (χ2v) is 12.5. The highest BCUT2D eigenvalue weighted by molar-refractivity contribution is 7.47. The van der Waals surface area contributed by atoms with Gasteiger partial charge in [-0.25, -0.2) is 4.57 Å². The molecule has 8 N–H and O–H groups in total. The van der Waals surface area contributed by atoms with Gasteiger partial charge in [-0.3, -0.25) is 14.2 Å². The molecule has 44 heavy (non-hydrogen) atoms. The Morgan fingerprint density at radius 1 is 0.886 bits per heavy atom. The van der Waals surface area contributed by atoms with Crippen LogP contribution >= 0.6 is 7.82 Å². The first-order valence-electron chi connectivity index (χ1n) is 16.0. The Balaban J connectivity index is 1.52. The molecule has 248 valence electrons. The summed E-state index contributed by atoms with van der Waals surface area (Å²) < 4.78 is 27.6. The van der Waals surface area contributed by atoms with E-state index in [9.17, 15) is 14.3 Å². The van der Waals surface area contributed by atoms with E-state index in [1.807, 2.05) is 0 Å². The fourth-order valence-corrected chi connectivity index (χ4v) is 5.43. The zero-order chi connectivity index (χ0) is 32.0. The maximum atomic E-state index is 12.4. The Bertz CT molecular complexity index is 1100. The molecular formula is C31H53N6O6P. The molecule has 0 saturated carbocycles. The predicted molar refractivity (Wildman–Crippen MR) is 174 cm³/mol. The third kappa shape index (κ3) is 17.4. The zero-order valence-corrected chi connectivity index (χ0v) is 27.1. The van der Waals surface area contributed by atoms with E-state index < -0.39 is 13.9 Å². The van der Waals surface area contributed by atoms with Gasteiger partial charge in [-0.2, -0.15) is 9.97 Å². The van der Waals surface area contributed by atoms with Crippen LogP contribution in [0.1, 0.15) is 102 Å². The second kappa shape index (κ2) is 21.7. The SMILES string of the molecule is CCCCCCCCCCCCCCCCNC(=O)[C@@H](N)Cc1ccc(OP(=O)(O)OCCOc2cc(N)nc(N)n2)cc1. The Hall–Kier alpha value is -2.92. The minimum absolute atomic E-state index is 0.0534. The smallest absolute Gasteiger partial charge is 0.475 e. The average Bonchev–Trinajstić information content (AvgIpc) is 2.97. The first-order chi connectivity index (χ1) is 21.2. The number of anilines is 2. The molecule has 1 unspecified atom stereocenters. The molecule has 0 saturated heterocycles. The number of benzene rings is 1. The van der Waals surface area contributed by atoms with Gasteiger partial charge in [0.05, 0.1) is 12.6 Å². The third-order valence-corrected chi connectivity index (χ3v) is 8.04. The summed E-state index contributed by atoms with van der Waals surface area (Å²) in [6, 6.07) is 7.07. The molecule has 0 radical (unpaired) electrons. The summed E-state index contributed by atoms with van der Waals surface area (Å²) in [5.74, 6) is 0.136. The maximum Gasteiger partial charge on any atom is 0.527 e. The molecule has 2 rings (SSSR count). The van der Waals surface area contributed by atoms with Gasteiger partial charge in [0, 0.05) is 12.6 Å². The van der Waals surface area contributed by atoms with E-state index >= 15 is 0 Å². The average molecular weight is 637 g/mol. The number of nitrogens with one attached hydrogen (secondary N) is 1. The van der Waals surface area contributed by atoms with Crippen LogP contribution in [0.15, 0.2) is 30.3 Å². The highest BCUT2D eigenvalue weighted by atomic mass is 31.2. The van der Waals surface area contributed by atoms with Gasteiger partial charge in [0.1, 0.15) is 18.2 Å². The lowest BCUT2D eigenvalue weighted by atomic mass is 10.0. The van der Waals surface area contributed by atoms with Crippen molar-refractivity contribution in [3.05, 3.63) is 35.9 Å². The summed E-state index contributed by atoms with van der Waals surface area (Å²) >= 11 is 0. The zero-order valence-electron chi connectivity index (χ0n) is 26.3. The number of nitrogens with two attached hydrogens (primary N) is 3. The molecule has 2 aromatic rings. The molecule has 0 bridgehead atoms. The first-order valence-corrected chi connectivity index (χ1v) is 17.5. The van der Waals surface area contributed by atoms with Crippen LogP contribution in [0.4, 0.5) is 11.8 Å². The Kier molecular flexibility index (Phi) is 18.4. The minimum Gasteiger partial charge on any atom is -0.475 e. The van der Waals surface area contributed by atoms with Crippen LogP contribution < -0.4 is 31.8 Å². The molecule has 1 amide bonds. The molecule has 0 spiro atoms. The highest BCUT2D eigenvalue weighted by Crippen LogP contribution is 2.43. The van der Waals surface area contributed by atoms with Crippen molar-refractivity contribution >= 4 is 25.5 Å². The summed E-state index contributed by atoms with van der Waals surface area (Å²) in [6.07, 6.45) is 18.4. The summed E-state index contributed by atoms with van der Waals surface area (Å²) in [5, 5.41) is 2.92. The van der Waals surface area contributed by atoms with E-state index in [-0.39, 0.29) is 42.5 Å². The number of carbonyl (C=O) groups excluding carboxylic acids is 1. The normalized spacial score (nSPS) is 13.2. The number of hydrogen-bond donors (Lipinski definition) is 5. The van der Waals surface area contributed by atoms with Gasteiger partial charge < -0.3 is 31.8 Å². The highest BCUT2D eigenvalue weighted by Gasteiger charge is 2.23. The molecule has 0 fully saturated rings. The Morgan fingerprint density at radius 2 is 1.45 bits per heavy atom. The van der Waals surface area contributed by atoms with E-state index in [0.717, 1.165) is 18.4 Å². The molecule has 0 aliphatic carbocycles. The number of ether oxygens (including phenoxy) is 1. The summed E-state index contributed by atoms with van der Waals surface area (Å²) in [4.78, 5) is 29.9. The van der Waals surface area contributed by atoms with Crippen molar-refractivity contribution in [2.45, 2.75) is 109 Å². The van der Waals surface area contributed by atoms with Crippen molar-refractivity contribution in [1.29, 1.82) is 0 Å². The van der Waals surface area contributed by atoms with Gasteiger partial charge >= 0.3 is 7.82 Å². The Morgan fingerprint density at radius 3 is 2.02 bits per heavy atom. The molecule has 0 aliphatic heterocycles. The van der Waals surface area contributed by atoms with Crippen molar-refractivity contribution < 1.29 is 28.0 Å². The van der Waals surface area contributed by atoms with Crippen molar-refractivity contribution in [2.24, 2.45) is 5.73 Å². The first kappa shape index (κ1) is 37.3. The lowest BCUT2D eigenvalue weighted by Crippen LogP contribution is -2.42. The van der Waals surface area contributed by atoms with Crippen LogP contribution in [0.5, 0.6) is 11.6 Å². The summed E-state index contributed by atoms with van der Waals surface area (Å²) in [7, 11) is -4.40. The van der Waals surface area contributed by atoms with E-state index in [4.69, 9.17) is 31.0 Å². The molecule has 1 aromatic heterocycles. The predicted octanol–water partition coefficient (Wildman–Crippen LogP) is 5.68. The topological polar surface area (TPSA) is 198 Å². The van der Waals surface area contributed by atoms with Crippen LogP contribution in [0.25, 0.3) is 0 Å². The molecule has 12 nitrogen and oxygen atoms in total. The van der Waals surface area contributed by atoms with Crippen LogP contribution in [-0.4, -0.2) is 46.6 Å². The lowest BCUT2D eigenvalue weighted by Gasteiger charge is -2.15. The minimum atomic E-state index is -4.40. The molecule has 2 atom stereocenters. The van der Waals surface area contributed by atoms with Crippen molar-refractivity contribution in [1.82, 2.24) is 15.3 Å². The lowest BCUT2D eigenvalue weighted by molar-refractivity contribution is -0.122. The number of phosphoric ester groups is 1. The molecule has 13 heteroatoms. The maximum absolute atomic E-state index is 12.4. The van der Waals surface area contributed by atoms with Gasteiger partial charge in [0.2, 0.25) is 17.7 Å². The van der Waals surface area contributed by atoms with Crippen LogP contribution in [0, 0.1) is 0 Å². The monoisotopic (exact) mass is 636 g/mol. The van der Waals surface area contributed by atoms with Crippen molar-refractivity contribution in [3.63, 3.8) is 0 Å². The van der Waals surface area contributed by atoms with Crippen molar-refractivity contribution in [2.75, 3.05) is 31.2 Å². The van der Waals surface area contributed by atoms with Gasteiger partial charge in [-0.1, -0.05) is 103 Å². The van der Waals surface area contributed by atoms with Crippen molar-refractivity contribution in [3.8, 4) is 11.6 Å². The number of hydrogen-bond acceptors (Lipinski definition) is 10. The van der Waals surface area contributed by atoms with Gasteiger partial charge in [0.25, 0.3) is 0 Å². The number of rotatable bonds is 25. The number of nitrogens with zero attached hydrogens (tertiary/aromatic N) is 2. The van der Waals surface area contributed by atoms with Crippen LogP contribution in [0.2, 0.25) is 0 Å². The van der Waals surface area contributed by atoms with Gasteiger partial charge in [0.15, 0.2) is 0 Å². The standard InChI is InChI=1S/C31H53N6O6P/c1-2-3-4-5-6-7-8-9-10-11-12-13-14-15-20-35-30(38)27(32)23-25-16-18-26(19-17-25)43-44(39,40)42-22-21-41-29-24-28(33)36-31(34)37-29/h16-19,24,27H,2-15,20-23,32H2,1H3,(H,35,38)(H,39,40)(H4,33,34,36,37)/t27-/m0/s1. The Labute approximate surface area is 262 Å². The molecule has 1 heterocycles. The fraction of sp³-hybridized carbons (Fsp3) is 0.645. The van der Waals surface area contributed by atoms with E-state index in [1.54, 1.807) is 12.1 Å². The molecular weight excluding hydrogens is 583 g/mol. The fourth-order valence-electron chi connectivity index (χ4n) is 4.69. The van der Waals surface area contributed by atoms with E-state index in [2.05, 4.69) is 22.2 Å². The van der Waals surface area contributed by atoms with Gasteiger partial charge in [-0.05, 0) is 30.5 Å². The quantitative estimate of drug-likeness (QED) is 0.0663. The van der Waals surface area contributed by atoms with E-state index in [1.165, 1.54) is 95.2 Å². The summed E-state index contributed by atoms with van der Waals surface area (Å²) in [5.41, 5.74) is 17.9. The van der Waals surface area contributed by atoms with Crippen LogP contribution in [-0.2, 0) is 20.3 Å². The summed E-state index contributed by atoms with van der Waals surface area (Å²) in [6.45, 7) is 2.53. The molecule has 1 aromatic carbocycles. The number of unbranched alkanes of at least 4 members (excludes halogenated alkanes) is 13. The number of aromatic nitrogens is 2. The number of nitrogen functional groups attached to an aromatic ring is 2.